The minimum Gasteiger partial charge on any atom is -0.381 e. The van der Waals surface area contributed by atoms with Crippen molar-refractivity contribution in [1.82, 2.24) is 29.3 Å². The van der Waals surface area contributed by atoms with Gasteiger partial charge < -0.3 is 24.4 Å². The molecule has 2 fully saturated rings. The molecule has 0 spiro atoms. The molecule has 2 aromatic heterocycles. The van der Waals surface area contributed by atoms with Crippen LogP contribution < -0.4 is 5.32 Å². The quantitative estimate of drug-likeness (QED) is 0.456. The van der Waals surface area contributed by atoms with Crippen LogP contribution in [0.1, 0.15) is 35.1 Å². The summed E-state index contributed by atoms with van der Waals surface area (Å²) in [5.41, 5.74) is 0.686. The van der Waals surface area contributed by atoms with Crippen LogP contribution in [0.25, 0.3) is 11.4 Å². The molecule has 2 aliphatic rings. The molecule has 1 N–H and O–H groups in total. The lowest BCUT2D eigenvalue weighted by molar-refractivity contribution is -0.148. The molecule has 4 heterocycles. The minimum atomic E-state index is -4.72. The number of alkyl halides is 3. The van der Waals surface area contributed by atoms with E-state index in [2.05, 4.69) is 25.2 Å². The zero-order valence-electron chi connectivity index (χ0n) is 21.1. The van der Waals surface area contributed by atoms with Gasteiger partial charge in [0, 0.05) is 56.7 Å². The first kappa shape index (κ1) is 28.7. The number of imidazole rings is 1. The molecule has 210 valence electrons. The number of aromatic nitrogens is 4. The molecule has 0 radical (unpaired) electrons. The molecule has 0 bridgehead atoms. The van der Waals surface area contributed by atoms with Crippen LogP contribution in [-0.2, 0) is 10.9 Å². The maximum atomic E-state index is 14.8. The Hall–Kier alpha value is -3.29. The van der Waals surface area contributed by atoms with E-state index in [0.717, 1.165) is 30.1 Å². The zero-order valence-corrected chi connectivity index (χ0v) is 21.9. The molecule has 9 nitrogen and oxygen atoms in total. The summed E-state index contributed by atoms with van der Waals surface area (Å²) in [5.74, 6) is -2.04. The summed E-state index contributed by atoms with van der Waals surface area (Å²) in [7, 11) is 2.01. The second-order valence-corrected chi connectivity index (χ2v) is 9.37. The van der Waals surface area contributed by atoms with Crippen LogP contribution in [-0.4, -0.2) is 81.7 Å². The van der Waals surface area contributed by atoms with E-state index in [4.69, 9.17) is 4.74 Å². The van der Waals surface area contributed by atoms with Crippen molar-refractivity contribution < 1.29 is 27.1 Å². The Morgan fingerprint density at radius 3 is 2.33 bits per heavy atom. The smallest absolute Gasteiger partial charge is 0.381 e. The number of amides is 1. The predicted octanol–water partition coefficient (Wildman–Crippen LogP) is 4.40. The van der Waals surface area contributed by atoms with Gasteiger partial charge in [-0.1, -0.05) is 0 Å². The number of hydrogen-bond donors (Lipinski definition) is 1. The standard InChI is InChI=1S/C25H27F4N7O2.ClH/c1-34-8-10-35(11-9-34)22(37)16-2-4-17(5-3-16)32-24-31-14-19(26)21(33-24)20-15-30-23(25(27,28)29)36(20)18-6-12-38-13-7-18;/h2-5,14-15,18H,6-13H2,1H3,(H,31,32,33);1H. The fourth-order valence-corrected chi connectivity index (χ4v) is 4.68. The van der Waals surface area contributed by atoms with E-state index in [1.165, 1.54) is 0 Å². The Labute approximate surface area is 228 Å². The molecule has 1 amide bonds. The first-order valence-electron chi connectivity index (χ1n) is 12.3. The average Bonchev–Trinajstić information content (AvgIpc) is 3.37. The molecule has 3 aromatic rings. The molecule has 39 heavy (non-hydrogen) atoms. The molecule has 0 atom stereocenters. The van der Waals surface area contributed by atoms with Crippen LogP contribution in [0, 0.1) is 5.82 Å². The largest absolute Gasteiger partial charge is 0.449 e. The van der Waals surface area contributed by atoms with Crippen molar-refractivity contribution in [2.75, 3.05) is 51.8 Å². The van der Waals surface area contributed by atoms with E-state index in [1.54, 1.807) is 29.2 Å². The summed E-state index contributed by atoms with van der Waals surface area (Å²) >= 11 is 0. The van der Waals surface area contributed by atoms with Crippen molar-refractivity contribution in [3.8, 4) is 11.4 Å². The van der Waals surface area contributed by atoms with Crippen molar-refractivity contribution in [1.29, 1.82) is 0 Å². The molecule has 5 rings (SSSR count). The van der Waals surface area contributed by atoms with Crippen LogP contribution in [0.2, 0.25) is 0 Å². The number of ether oxygens (including phenoxy) is 1. The summed E-state index contributed by atoms with van der Waals surface area (Å²) < 4.78 is 62.4. The summed E-state index contributed by atoms with van der Waals surface area (Å²) in [6.07, 6.45) is -2.14. The van der Waals surface area contributed by atoms with Crippen LogP contribution in [0.5, 0.6) is 0 Å². The van der Waals surface area contributed by atoms with Gasteiger partial charge in [0.2, 0.25) is 11.8 Å². The number of nitrogens with zero attached hydrogens (tertiary/aromatic N) is 6. The Morgan fingerprint density at radius 2 is 1.69 bits per heavy atom. The van der Waals surface area contributed by atoms with E-state index < -0.39 is 23.9 Å². The van der Waals surface area contributed by atoms with E-state index in [0.29, 0.717) is 50.4 Å². The monoisotopic (exact) mass is 569 g/mol. The molecular formula is C25H28ClF4N7O2. The van der Waals surface area contributed by atoms with Crippen molar-refractivity contribution in [2.24, 2.45) is 0 Å². The summed E-state index contributed by atoms with van der Waals surface area (Å²) in [6, 6.07) is 6.12. The summed E-state index contributed by atoms with van der Waals surface area (Å²) in [6.45, 7) is 3.53. The summed E-state index contributed by atoms with van der Waals surface area (Å²) in [4.78, 5) is 28.4. The van der Waals surface area contributed by atoms with Gasteiger partial charge in [0.25, 0.3) is 5.91 Å². The van der Waals surface area contributed by atoms with Crippen molar-refractivity contribution in [3.05, 3.63) is 53.9 Å². The average molecular weight is 570 g/mol. The van der Waals surface area contributed by atoms with E-state index in [-0.39, 0.29) is 35.7 Å². The van der Waals surface area contributed by atoms with Gasteiger partial charge in [-0.2, -0.15) is 13.2 Å². The third-order valence-electron chi connectivity index (χ3n) is 6.77. The molecule has 0 unspecified atom stereocenters. The van der Waals surface area contributed by atoms with E-state index in [9.17, 15) is 22.4 Å². The lowest BCUT2D eigenvalue weighted by atomic mass is 10.1. The third kappa shape index (κ3) is 6.31. The van der Waals surface area contributed by atoms with Gasteiger partial charge in [-0.05, 0) is 44.2 Å². The second kappa shape index (κ2) is 11.8. The van der Waals surface area contributed by atoms with Crippen LogP contribution in [0.15, 0.2) is 36.7 Å². The number of likely N-dealkylation sites (N-methyl/N-ethyl adjacent to an activating group) is 1. The molecular weight excluding hydrogens is 542 g/mol. The highest BCUT2D eigenvalue weighted by Crippen LogP contribution is 2.37. The molecule has 2 aliphatic heterocycles. The highest BCUT2D eigenvalue weighted by Gasteiger charge is 2.40. The van der Waals surface area contributed by atoms with Crippen molar-refractivity contribution >= 4 is 29.9 Å². The third-order valence-corrected chi connectivity index (χ3v) is 6.77. The number of benzene rings is 1. The van der Waals surface area contributed by atoms with Crippen LogP contribution in [0.3, 0.4) is 0 Å². The maximum Gasteiger partial charge on any atom is 0.449 e. The summed E-state index contributed by atoms with van der Waals surface area (Å²) in [5, 5.41) is 2.94. The lowest BCUT2D eigenvalue weighted by Crippen LogP contribution is -2.47. The molecule has 0 aliphatic carbocycles. The highest BCUT2D eigenvalue weighted by molar-refractivity contribution is 5.94. The van der Waals surface area contributed by atoms with Gasteiger partial charge >= 0.3 is 6.18 Å². The van der Waals surface area contributed by atoms with Gasteiger partial charge in [-0.3, -0.25) is 4.79 Å². The fourth-order valence-electron chi connectivity index (χ4n) is 4.68. The van der Waals surface area contributed by atoms with Crippen molar-refractivity contribution in [3.63, 3.8) is 0 Å². The number of halogens is 5. The van der Waals surface area contributed by atoms with Crippen molar-refractivity contribution in [2.45, 2.75) is 25.1 Å². The zero-order chi connectivity index (χ0) is 26.9. The normalized spacial score (nSPS) is 17.1. The molecule has 0 saturated carbocycles. The number of carbonyl (C=O) groups is 1. The van der Waals surface area contributed by atoms with Crippen LogP contribution in [0.4, 0.5) is 29.2 Å². The minimum absolute atomic E-state index is 0. The number of nitrogens with one attached hydrogen (secondary N) is 1. The Morgan fingerprint density at radius 1 is 1.03 bits per heavy atom. The van der Waals surface area contributed by atoms with Crippen LogP contribution >= 0.6 is 12.4 Å². The van der Waals surface area contributed by atoms with Gasteiger partial charge in [-0.25, -0.2) is 19.3 Å². The second-order valence-electron chi connectivity index (χ2n) is 9.37. The Kier molecular flexibility index (Phi) is 8.72. The molecule has 14 heteroatoms. The first-order chi connectivity index (χ1) is 18.2. The van der Waals surface area contributed by atoms with Gasteiger partial charge in [-0.15, -0.1) is 12.4 Å². The SMILES string of the molecule is CN1CCN(C(=O)c2ccc(Nc3ncc(F)c(-c4cnc(C(F)(F)F)n4C4CCOCC4)n3)cc2)CC1.Cl. The topological polar surface area (TPSA) is 88.4 Å². The Balaban J connectivity index is 0.00000353. The van der Waals surface area contributed by atoms with Gasteiger partial charge in [0.05, 0.1) is 18.1 Å². The number of hydrogen-bond acceptors (Lipinski definition) is 7. The van der Waals surface area contributed by atoms with E-state index in [1.807, 2.05) is 7.05 Å². The maximum absolute atomic E-state index is 14.8. The highest BCUT2D eigenvalue weighted by atomic mass is 35.5. The molecule has 2 saturated heterocycles. The molecule has 1 aromatic carbocycles. The Bertz CT molecular complexity index is 1290. The predicted molar refractivity (Wildman–Crippen MR) is 138 cm³/mol. The fraction of sp³-hybridized carbons (Fsp3) is 0.440. The number of anilines is 2. The number of piperazine rings is 1. The number of carbonyl (C=O) groups excluding carboxylic acids is 1. The number of rotatable bonds is 5. The van der Waals surface area contributed by atoms with Gasteiger partial charge in [0.1, 0.15) is 5.69 Å². The van der Waals surface area contributed by atoms with Gasteiger partial charge in [0.15, 0.2) is 5.82 Å². The first-order valence-corrected chi connectivity index (χ1v) is 12.3. The lowest BCUT2D eigenvalue weighted by Gasteiger charge is -2.32. The van der Waals surface area contributed by atoms with E-state index >= 15 is 0 Å².